The number of halogens is 1. The number of rotatable bonds is 14. The number of carbonyl (C=O) groups excluding carboxylic acids is 3. The number of nitrogens with zero attached hydrogens (tertiary/aromatic N) is 1. The summed E-state index contributed by atoms with van der Waals surface area (Å²) in [4.78, 5) is 39.3. The van der Waals surface area contributed by atoms with Crippen LogP contribution in [0.3, 0.4) is 0 Å². The normalized spacial score (nSPS) is 18.3. The van der Waals surface area contributed by atoms with E-state index in [4.69, 9.17) is 31.9 Å². The number of hydrogen-bond acceptors (Lipinski definition) is 11. The smallest absolute Gasteiger partial charge is 0.328 e. The minimum absolute atomic E-state index is 0.0172. The third-order valence-electron chi connectivity index (χ3n) is 7.08. The topological polar surface area (TPSA) is 217 Å². The van der Waals surface area contributed by atoms with E-state index in [9.17, 15) is 31.2 Å². The molecule has 0 radical (unpaired) electrons. The Kier molecular flexibility index (Phi) is 12.3. The summed E-state index contributed by atoms with van der Waals surface area (Å²) in [5, 5.41) is 7.81. The molecular weight excluding hydrogens is 650 g/mol. The van der Waals surface area contributed by atoms with Crippen LogP contribution < -0.4 is 20.9 Å². The molecule has 2 aromatic rings. The molecule has 1 aliphatic rings. The van der Waals surface area contributed by atoms with Gasteiger partial charge in [-0.2, -0.15) is 0 Å². The lowest BCUT2D eigenvalue weighted by Crippen LogP contribution is -2.53. The molecule has 0 saturated carbocycles. The van der Waals surface area contributed by atoms with E-state index >= 15 is 0 Å². The molecule has 2 aromatic carbocycles. The maximum Gasteiger partial charge on any atom is 0.328 e. The summed E-state index contributed by atoms with van der Waals surface area (Å²) in [6, 6.07) is 7.19. The van der Waals surface area contributed by atoms with E-state index in [0.29, 0.717) is 12.8 Å². The van der Waals surface area contributed by atoms with E-state index in [0.717, 1.165) is 17.7 Å². The summed E-state index contributed by atoms with van der Waals surface area (Å²) >= 11 is 6.10. The second-order valence-corrected chi connectivity index (χ2v) is 14.0. The summed E-state index contributed by atoms with van der Waals surface area (Å²) in [6.07, 6.45) is 0.700. The number of ether oxygens (including phenoxy) is 2. The Balaban J connectivity index is 1.83. The Labute approximate surface area is 267 Å². The van der Waals surface area contributed by atoms with Crippen molar-refractivity contribution in [1.82, 2.24) is 14.9 Å². The molecule has 1 amide bonds. The first kappa shape index (κ1) is 36.2. The first-order valence-corrected chi connectivity index (χ1v) is 17.6. The number of sulfonamides is 2. The lowest BCUT2D eigenvalue weighted by atomic mass is 10.0. The van der Waals surface area contributed by atoms with Crippen LogP contribution in [0.4, 0.5) is 5.69 Å². The zero-order valence-corrected chi connectivity index (χ0v) is 27.5. The van der Waals surface area contributed by atoms with E-state index in [1.807, 2.05) is 30.3 Å². The number of amides is 1. The van der Waals surface area contributed by atoms with Crippen molar-refractivity contribution in [2.75, 3.05) is 25.5 Å². The summed E-state index contributed by atoms with van der Waals surface area (Å²) in [7, 11) is -8.89. The van der Waals surface area contributed by atoms with Gasteiger partial charge in [0.25, 0.3) is 0 Å². The van der Waals surface area contributed by atoms with Crippen LogP contribution in [-0.4, -0.2) is 83.5 Å². The van der Waals surface area contributed by atoms with Crippen molar-refractivity contribution in [1.29, 1.82) is 0 Å². The monoisotopic (exact) mass is 687 g/mol. The zero-order chi connectivity index (χ0) is 33.5. The predicted octanol–water partition coefficient (Wildman–Crippen LogP) is 0.923. The van der Waals surface area contributed by atoms with Crippen LogP contribution >= 0.6 is 11.6 Å². The Morgan fingerprint density at radius 3 is 2.29 bits per heavy atom. The first-order chi connectivity index (χ1) is 21.1. The zero-order valence-electron chi connectivity index (χ0n) is 25.1. The Morgan fingerprint density at radius 1 is 1.04 bits per heavy atom. The number of carbonyl (C=O) groups is 3. The third-order valence-corrected chi connectivity index (χ3v) is 10.0. The standard InChI is InChI=1S/C28H38ClN5O9S2/c1-4-42-27(36)22(12-11-18-9-7-6-8-10-18)32-17(3)26(35)34-16-19(13-23(34)28(37)43-5-2)33-45(40,41)24-15-25(44(31,38)39)21(30)14-20(24)29/h6-10,14-15,17,19,22-23,32-33H,4-5,11-13,16,30H2,1-3H3,(H2,31,38,39)/t17-,19-,22-,23-/m0/s1. The van der Waals surface area contributed by atoms with Gasteiger partial charge in [0.1, 0.15) is 21.9 Å². The molecule has 1 fully saturated rings. The van der Waals surface area contributed by atoms with E-state index in [-0.39, 0.29) is 36.9 Å². The highest BCUT2D eigenvalue weighted by molar-refractivity contribution is 7.90. The molecule has 1 aliphatic heterocycles. The number of hydrogen-bond donors (Lipinski definition) is 4. The maximum absolute atomic E-state index is 13.7. The van der Waals surface area contributed by atoms with Crippen LogP contribution in [0.5, 0.6) is 0 Å². The number of anilines is 1. The van der Waals surface area contributed by atoms with Crippen molar-refractivity contribution in [2.24, 2.45) is 5.14 Å². The summed E-state index contributed by atoms with van der Waals surface area (Å²) in [6.45, 7) is 4.70. The van der Waals surface area contributed by atoms with Gasteiger partial charge in [0.05, 0.1) is 30.0 Å². The van der Waals surface area contributed by atoms with Crippen LogP contribution in [0, 0.1) is 0 Å². The van der Waals surface area contributed by atoms with E-state index in [2.05, 4.69) is 10.0 Å². The van der Waals surface area contributed by atoms with E-state index in [1.165, 1.54) is 11.8 Å². The van der Waals surface area contributed by atoms with Crippen molar-refractivity contribution >= 4 is 55.2 Å². The molecule has 0 bridgehead atoms. The molecule has 14 nitrogen and oxygen atoms in total. The number of esters is 2. The number of nitrogens with two attached hydrogens (primary N) is 2. The highest BCUT2D eigenvalue weighted by Crippen LogP contribution is 2.30. The van der Waals surface area contributed by atoms with Gasteiger partial charge < -0.3 is 20.1 Å². The minimum atomic E-state index is -4.50. The molecule has 3 rings (SSSR count). The molecule has 0 spiro atoms. The van der Waals surface area contributed by atoms with Crippen LogP contribution in [0.15, 0.2) is 52.3 Å². The Bertz CT molecular complexity index is 1610. The molecule has 6 N–H and O–H groups in total. The third kappa shape index (κ3) is 9.37. The van der Waals surface area contributed by atoms with Gasteiger partial charge in [-0.15, -0.1) is 0 Å². The van der Waals surface area contributed by atoms with Crippen molar-refractivity contribution in [2.45, 2.75) is 74.0 Å². The second-order valence-electron chi connectivity index (χ2n) is 10.4. The van der Waals surface area contributed by atoms with Gasteiger partial charge in [0.15, 0.2) is 0 Å². The van der Waals surface area contributed by atoms with Gasteiger partial charge in [0.2, 0.25) is 26.0 Å². The van der Waals surface area contributed by atoms with Gasteiger partial charge in [-0.25, -0.2) is 31.5 Å². The molecule has 0 aliphatic carbocycles. The van der Waals surface area contributed by atoms with Crippen molar-refractivity contribution < 1.29 is 40.7 Å². The van der Waals surface area contributed by atoms with Crippen molar-refractivity contribution in [3.63, 3.8) is 0 Å². The Hall–Kier alpha value is -3.28. The molecule has 45 heavy (non-hydrogen) atoms. The van der Waals surface area contributed by atoms with Crippen molar-refractivity contribution in [3.05, 3.63) is 53.1 Å². The quantitative estimate of drug-likeness (QED) is 0.162. The highest BCUT2D eigenvalue weighted by atomic mass is 35.5. The molecule has 248 valence electrons. The number of likely N-dealkylation sites (tertiary alicyclic amines) is 1. The minimum Gasteiger partial charge on any atom is -0.465 e. The number of primary sulfonamides is 1. The fraction of sp³-hybridized carbons (Fsp3) is 0.464. The van der Waals surface area contributed by atoms with Crippen LogP contribution in [0.1, 0.15) is 39.2 Å². The van der Waals surface area contributed by atoms with Gasteiger partial charge >= 0.3 is 11.9 Å². The Morgan fingerprint density at radius 2 is 1.69 bits per heavy atom. The lowest BCUT2D eigenvalue weighted by Gasteiger charge is -2.28. The largest absolute Gasteiger partial charge is 0.465 e. The predicted molar refractivity (Wildman–Crippen MR) is 166 cm³/mol. The second kappa shape index (κ2) is 15.3. The fourth-order valence-corrected chi connectivity index (χ4v) is 7.55. The van der Waals surface area contributed by atoms with Gasteiger partial charge in [-0.3, -0.25) is 14.9 Å². The molecule has 0 unspecified atom stereocenters. The number of benzene rings is 2. The van der Waals surface area contributed by atoms with Crippen LogP contribution in [0.2, 0.25) is 5.02 Å². The van der Waals surface area contributed by atoms with Crippen molar-refractivity contribution in [3.8, 4) is 0 Å². The summed E-state index contributed by atoms with van der Waals surface area (Å²) < 4.78 is 63.3. The molecule has 4 atom stereocenters. The average Bonchev–Trinajstić information content (AvgIpc) is 3.37. The number of nitrogens with one attached hydrogen (secondary N) is 2. The molecular formula is C28H38ClN5O9S2. The van der Waals surface area contributed by atoms with Gasteiger partial charge in [-0.1, -0.05) is 41.9 Å². The van der Waals surface area contributed by atoms with E-state index < -0.39 is 71.9 Å². The van der Waals surface area contributed by atoms with Gasteiger partial charge in [-0.05, 0) is 57.7 Å². The van der Waals surface area contributed by atoms with E-state index in [1.54, 1.807) is 13.8 Å². The van der Waals surface area contributed by atoms with Gasteiger partial charge in [0, 0.05) is 12.6 Å². The molecule has 0 aromatic heterocycles. The van der Waals surface area contributed by atoms with Crippen LogP contribution in [0.25, 0.3) is 0 Å². The van der Waals surface area contributed by atoms with Crippen LogP contribution in [-0.2, 0) is 50.3 Å². The lowest BCUT2D eigenvalue weighted by molar-refractivity contribution is -0.154. The molecule has 17 heteroatoms. The molecule has 1 saturated heterocycles. The highest BCUT2D eigenvalue weighted by Gasteiger charge is 2.44. The summed E-state index contributed by atoms with van der Waals surface area (Å²) in [5.41, 5.74) is 6.32. The number of aryl methyl sites for hydroxylation is 1. The maximum atomic E-state index is 13.7. The fourth-order valence-electron chi connectivity index (χ4n) is 5.00. The molecule has 1 heterocycles. The number of nitrogen functional groups attached to an aromatic ring is 1. The first-order valence-electron chi connectivity index (χ1n) is 14.2. The summed E-state index contributed by atoms with van der Waals surface area (Å²) in [5.74, 6) is -1.86. The average molecular weight is 688 g/mol. The SMILES string of the molecule is CCOC(=O)[C@H](CCc1ccccc1)N[C@@H](C)C(=O)N1C[C@@H](NS(=O)(=O)c2cc(S(N)(=O)=O)c(N)cc2Cl)C[C@H]1C(=O)OCC.